The van der Waals surface area contributed by atoms with E-state index in [0.717, 1.165) is 0 Å². The highest BCUT2D eigenvalue weighted by Crippen LogP contribution is 2.46. The Kier molecular flexibility index (Phi) is 1.60. The van der Waals surface area contributed by atoms with Gasteiger partial charge in [0.1, 0.15) is 0 Å². The first-order chi connectivity index (χ1) is 6.43. The van der Waals surface area contributed by atoms with Crippen molar-refractivity contribution in [3.8, 4) is 0 Å². The molecule has 0 bridgehead atoms. The number of hydrogen-bond donors (Lipinski definition) is 1. The summed E-state index contributed by atoms with van der Waals surface area (Å²) in [5.41, 5.74) is 2.46. The number of fused-ring (bicyclic) bond motifs is 2. The molecule has 0 atom stereocenters. The molecule has 1 aliphatic heterocycles. The lowest BCUT2D eigenvalue weighted by atomic mass is 10.3. The molecule has 1 aliphatic rings. The van der Waals surface area contributed by atoms with Crippen LogP contribution in [0.15, 0.2) is 44.8 Å². The van der Waals surface area contributed by atoms with Crippen molar-refractivity contribution in [2.24, 2.45) is 0 Å². The zero-order chi connectivity index (χ0) is 8.67. The van der Waals surface area contributed by atoms with Crippen LogP contribution in [-0.4, -0.2) is 0 Å². The number of benzene rings is 1. The summed E-state index contributed by atoms with van der Waals surface area (Å²) in [7, 11) is 0. The zero-order valence-corrected chi connectivity index (χ0v) is 8.41. The van der Waals surface area contributed by atoms with Crippen LogP contribution in [0.5, 0.6) is 0 Å². The van der Waals surface area contributed by atoms with E-state index in [1.165, 1.54) is 20.5 Å². The summed E-state index contributed by atoms with van der Waals surface area (Å²) in [6.45, 7) is 0. The van der Waals surface area contributed by atoms with E-state index < -0.39 is 0 Å². The van der Waals surface area contributed by atoms with Gasteiger partial charge in [-0.2, -0.15) is 0 Å². The standard InChI is InChI=1S/C10H7NS2/c1-2-4-9-7(3-1)11-8-5-6-12-10(8)13-9/h1-6,11H. The SMILES string of the molecule is c1ccc2c(c1)Nc1ccsc1S2. The molecule has 0 radical (unpaired) electrons. The molecule has 1 N–H and O–H groups in total. The van der Waals surface area contributed by atoms with Crippen LogP contribution >= 0.6 is 23.1 Å². The first-order valence-electron chi connectivity index (χ1n) is 4.05. The van der Waals surface area contributed by atoms with Crippen molar-refractivity contribution in [2.45, 2.75) is 9.10 Å². The highest BCUT2D eigenvalue weighted by atomic mass is 32.2. The van der Waals surface area contributed by atoms with Gasteiger partial charge in [0.2, 0.25) is 0 Å². The van der Waals surface area contributed by atoms with Crippen LogP contribution in [0, 0.1) is 0 Å². The largest absolute Gasteiger partial charge is 0.353 e. The summed E-state index contributed by atoms with van der Waals surface area (Å²) in [6.07, 6.45) is 0. The minimum Gasteiger partial charge on any atom is -0.353 e. The molecule has 0 unspecified atom stereocenters. The number of thiophene rings is 1. The molecule has 0 saturated heterocycles. The van der Waals surface area contributed by atoms with Gasteiger partial charge in [-0.1, -0.05) is 23.9 Å². The molecule has 0 aliphatic carbocycles. The maximum absolute atomic E-state index is 3.41. The fourth-order valence-corrected chi connectivity index (χ4v) is 3.38. The van der Waals surface area contributed by atoms with Gasteiger partial charge in [0.05, 0.1) is 15.6 Å². The summed E-state index contributed by atoms with van der Waals surface area (Å²) >= 11 is 3.63. The first-order valence-corrected chi connectivity index (χ1v) is 5.74. The van der Waals surface area contributed by atoms with Crippen molar-refractivity contribution in [1.29, 1.82) is 0 Å². The molecule has 13 heavy (non-hydrogen) atoms. The predicted octanol–water partition coefficient (Wildman–Crippen LogP) is 3.96. The van der Waals surface area contributed by atoms with Crippen molar-refractivity contribution >= 4 is 34.5 Å². The fourth-order valence-electron chi connectivity index (χ4n) is 1.37. The van der Waals surface area contributed by atoms with Crippen LogP contribution in [0.2, 0.25) is 0 Å². The molecule has 0 amide bonds. The summed E-state index contributed by atoms with van der Waals surface area (Å²) in [5.74, 6) is 0. The van der Waals surface area contributed by atoms with Crippen molar-refractivity contribution < 1.29 is 0 Å². The quantitative estimate of drug-likeness (QED) is 0.596. The van der Waals surface area contributed by atoms with Crippen LogP contribution in [0.1, 0.15) is 0 Å². The molecule has 2 heterocycles. The summed E-state index contributed by atoms with van der Waals surface area (Å²) in [4.78, 5) is 1.32. The van der Waals surface area contributed by atoms with Gasteiger partial charge in [-0.3, -0.25) is 0 Å². The number of para-hydroxylation sites is 1. The monoisotopic (exact) mass is 205 g/mol. The van der Waals surface area contributed by atoms with E-state index in [2.05, 4.69) is 41.0 Å². The van der Waals surface area contributed by atoms with Crippen molar-refractivity contribution in [3.05, 3.63) is 35.7 Å². The lowest BCUT2D eigenvalue weighted by Crippen LogP contribution is -1.95. The third-order valence-electron chi connectivity index (χ3n) is 1.99. The molecule has 1 nitrogen and oxygen atoms in total. The molecule has 1 aromatic carbocycles. The average molecular weight is 205 g/mol. The minimum atomic E-state index is 1.22. The van der Waals surface area contributed by atoms with Gasteiger partial charge in [-0.15, -0.1) is 11.3 Å². The fraction of sp³-hybridized carbons (Fsp3) is 0. The smallest absolute Gasteiger partial charge is 0.0882 e. The van der Waals surface area contributed by atoms with Crippen LogP contribution < -0.4 is 5.32 Å². The molecule has 3 heteroatoms. The van der Waals surface area contributed by atoms with E-state index in [0.29, 0.717) is 0 Å². The average Bonchev–Trinajstić information content (AvgIpc) is 2.61. The lowest BCUT2D eigenvalue weighted by Gasteiger charge is -2.16. The number of nitrogens with one attached hydrogen (secondary N) is 1. The van der Waals surface area contributed by atoms with E-state index in [1.807, 2.05) is 11.8 Å². The Morgan fingerprint density at radius 3 is 2.92 bits per heavy atom. The highest BCUT2D eigenvalue weighted by molar-refractivity contribution is 8.01. The number of anilines is 2. The Hall–Kier alpha value is -0.930. The second kappa shape index (κ2) is 2.79. The molecule has 0 fully saturated rings. The lowest BCUT2D eigenvalue weighted by molar-refractivity contribution is 1.37. The van der Waals surface area contributed by atoms with Crippen molar-refractivity contribution in [1.82, 2.24) is 0 Å². The number of hydrogen-bond acceptors (Lipinski definition) is 3. The van der Waals surface area contributed by atoms with E-state index in [9.17, 15) is 0 Å². The van der Waals surface area contributed by atoms with Crippen LogP contribution in [0.3, 0.4) is 0 Å². The van der Waals surface area contributed by atoms with Gasteiger partial charge in [0, 0.05) is 4.90 Å². The maximum atomic E-state index is 3.41. The zero-order valence-electron chi connectivity index (χ0n) is 6.78. The van der Waals surface area contributed by atoms with E-state index >= 15 is 0 Å². The van der Waals surface area contributed by atoms with Crippen molar-refractivity contribution in [3.63, 3.8) is 0 Å². The van der Waals surface area contributed by atoms with Crippen LogP contribution in [0.25, 0.3) is 0 Å². The Bertz CT molecular complexity index is 408. The molecule has 1 aromatic heterocycles. The summed E-state index contributed by atoms with van der Waals surface area (Å²) < 4.78 is 1.36. The van der Waals surface area contributed by atoms with Gasteiger partial charge >= 0.3 is 0 Å². The van der Waals surface area contributed by atoms with Gasteiger partial charge in [-0.25, -0.2) is 0 Å². The van der Waals surface area contributed by atoms with Gasteiger partial charge in [0.25, 0.3) is 0 Å². The third-order valence-corrected chi connectivity index (χ3v) is 4.21. The second-order valence-corrected chi connectivity index (χ2v) is 5.07. The second-order valence-electron chi connectivity index (χ2n) is 2.84. The predicted molar refractivity (Wildman–Crippen MR) is 58.2 cm³/mol. The van der Waals surface area contributed by atoms with Gasteiger partial charge in [-0.05, 0) is 23.6 Å². The van der Waals surface area contributed by atoms with Gasteiger partial charge in [0.15, 0.2) is 0 Å². The van der Waals surface area contributed by atoms with E-state index in [-0.39, 0.29) is 0 Å². The first kappa shape index (κ1) is 7.47. The molecule has 3 rings (SSSR count). The highest BCUT2D eigenvalue weighted by Gasteiger charge is 2.15. The minimum absolute atomic E-state index is 1.22. The Labute approximate surface area is 84.8 Å². The maximum Gasteiger partial charge on any atom is 0.0882 e. The molecule has 0 saturated carbocycles. The molecule has 0 spiro atoms. The molecular formula is C10H7NS2. The van der Waals surface area contributed by atoms with E-state index in [4.69, 9.17) is 0 Å². The van der Waals surface area contributed by atoms with Gasteiger partial charge < -0.3 is 5.32 Å². The Morgan fingerprint density at radius 2 is 1.92 bits per heavy atom. The topological polar surface area (TPSA) is 12.0 Å². The normalized spacial score (nSPS) is 12.9. The summed E-state index contributed by atoms with van der Waals surface area (Å²) in [6, 6.07) is 10.5. The van der Waals surface area contributed by atoms with E-state index in [1.54, 1.807) is 11.3 Å². The molecule has 2 aromatic rings. The Balaban J connectivity index is 2.14. The summed E-state index contributed by atoms with van der Waals surface area (Å²) in [5, 5.41) is 5.53. The van der Waals surface area contributed by atoms with Crippen LogP contribution in [-0.2, 0) is 0 Å². The Morgan fingerprint density at radius 1 is 1.00 bits per heavy atom. The van der Waals surface area contributed by atoms with Crippen LogP contribution in [0.4, 0.5) is 11.4 Å². The molecular weight excluding hydrogens is 198 g/mol. The van der Waals surface area contributed by atoms with Crippen molar-refractivity contribution in [2.75, 3.05) is 5.32 Å². The number of rotatable bonds is 0. The molecule has 64 valence electrons. The third kappa shape index (κ3) is 1.16.